The molecule has 0 N–H and O–H groups in total. The van der Waals surface area contributed by atoms with Gasteiger partial charge in [0.25, 0.3) is 0 Å². The molecule has 2 aromatic rings. The highest BCUT2D eigenvalue weighted by atomic mass is 16.6. The molecule has 112 valence electrons. The normalized spacial score (nSPS) is 9.48. The fraction of sp³-hybridized carbons (Fsp3) is 0.308. The molecule has 0 spiro atoms. The van der Waals surface area contributed by atoms with Gasteiger partial charge in [0.2, 0.25) is 0 Å². The Morgan fingerprint density at radius 1 is 1.38 bits per heavy atom. The molecule has 0 aromatic carbocycles. The van der Waals surface area contributed by atoms with E-state index in [-0.39, 0.29) is 11.6 Å². The van der Waals surface area contributed by atoms with Crippen LogP contribution in [0.5, 0.6) is 5.75 Å². The number of ether oxygens (including phenoxy) is 1. The minimum absolute atomic E-state index is 0.167. The second-order valence-electron chi connectivity index (χ2n) is 4.23. The van der Waals surface area contributed by atoms with Crippen molar-refractivity contribution in [3.8, 4) is 5.75 Å². The summed E-state index contributed by atoms with van der Waals surface area (Å²) in [6.45, 7) is 3.44. The van der Waals surface area contributed by atoms with Gasteiger partial charge in [-0.15, -0.1) is 0 Å². The van der Waals surface area contributed by atoms with Gasteiger partial charge in [0.15, 0.2) is 0 Å². The third-order valence-corrected chi connectivity index (χ3v) is 2.17. The third kappa shape index (κ3) is 5.81. The summed E-state index contributed by atoms with van der Waals surface area (Å²) < 4.78 is 6.45. The van der Waals surface area contributed by atoms with Gasteiger partial charge < -0.3 is 19.6 Å². The number of hydrogen-bond donors (Lipinski definition) is 0. The fourth-order valence-electron chi connectivity index (χ4n) is 1.33. The summed E-state index contributed by atoms with van der Waals surface area (Å²) in [6, 6.07) is 4.91. The molecule has 0 aliphatic rings. The van der Waals surface area contributed by atoms with Crippen molar-refractivity contribution in [3.63, 3.8) is 0 Å². The van der Waals surface area contributed by atoms with Crippen LogP contribution in [0.2, 0.25) is 0 Å². The zero-order chi connectivity index (χ0) is 15.8. The van der Waals surface area contributed by atoms with Crippen LogP contribution in [0.15, 0.2) is 30.6 Å². The van der Waals surface area contributed by atoms with Crippen LogP contribution in [0.3, 0.4) is 0 Å². The van der Waals surface area contributed by atoms with E-state index in [0.29, 0.717) is 12.3 Å². The first-order valence-electron chi connectivity index (χ1n) is 6.06. The maximum atomic E-state index is 10.4. The highest BCUT2D eigenvalue weighted by molar-refractivity contribution is 5.72. The van der Waals surface area contributed by atoms with Crippen LogP contribution < -0.4 is 4.74 Å². The zero-order valence-electron chi connectivity index (χ0n) is 12.0. The summed E-state index contributed by atoms with van der Waals surface area (Å²) >= 11 is 0. The van der Waals surface area contributed by atoms with Gasteiger partial charge in [-0.3, -0.25) is 4.98 Å². The Kier molecular flexibility index (Phi) is 5.99. The summed E-state index contributed by atoms with van der Waals surface area (Å²) in [5.41, 5.74) is 0.754. The van der Waals surface area contributed by atoms with Crippen molar-refractivity contribution in [2.24, 2.45) is 0 Å². The predicted molar refractivity (Wildman–Crippen MR) is 75.1 cm³/mol. The molecule has 0 aliphatic heterocycles. The summed E-state index contributed by atoms with van der Waals surface area (Å²) in [7, 11) is 1.56. The van der Waals surface area contributed by atoms with Crippen LogP contribution in [-0.2, 0) is 11.3 Å². The van der Waals surface area contributed by atoms with Crippen molar-refractivity contribution in [2.45, 2.75) is 20.4 Å². The van der Waals surface area contributed by atoms with Crippen molar-refractivity contribution in [2.75, 3.05) is 7.11 Å². The number of aromatic nitrogens is 3. The quantitative estimate of drug-likeness (QED) is 0.629. The summed E-state index contributed by atoms with van der Waals surface area (Å²) in [5.74, 6) is 0.665. The van der Waals surface area contributed by atoms with Crippen LogP contribution in [0.1, 0.15) is 19.5 Å². The number of hydrogen-bond acceptors (Lipinski definition) is 6. The lowest BCUT2D eigenvalue weighted by Gasteiger charge is -2.00. The standard InChI is InChI=1S/C10H10N4O3.C3H6O/c1-17-9-3-2-8(11-6-9)7-13-5-4-10(12-13)14(15)16;1-3(2)4/h2-6H,7H2,1H3;1-2H3. The van der Waals surface area contributed by atoms with E-state index in [9.17, 15) is 14.9 Å². The Balaban J connectivity index is 0.000000491. The Morgan fingerprint density at radius 3 is 2.48 bits per heavy atom. The average Bonchev–Trinajstić information content (AvgIpc) is 2.88. The monoisotopic (exact) mass is 292 g/mol. The second kappa shape index (κ2) is 7.73. The van der Waals surface area contributed by atoms with Gasteiger partial charge in [-0.25, -0.2) is 0 Å². The Morgan fingerprint density at radius 2 is 2.05 bits per heavy atom. The minimum Gasteiger partial charge on any atom is -0.495 e. The van der Waals surface area contributed by atoms with E-state index in [1.165, 1.54) is 24.6 Å². The van der Waals surface area contributed by atoms with Gasteiger partial charge in [0.1, 0.15) is 18.1 Å². The number of methoxy groups -OCH3 is 1. The summed E-state index contributed by atoms with van der Waals surface area (Å²) in [4.78, 5) is 23.5. The molecule has 0 saturated heterocycles. The summed E-state index contributed by atoms with van der Waals surface area (Å²) in [5, 5.41) is 14.2. The van der Waals surface area contributed by atoms with Crippen molar-refractivity contribution in [3.05, 3.63) is 46.4 Å². The number of Topliss-reactive ketones (excluding diaryl/α,β-unsaturated/α-hetero) is 1. The van der Waals surface area contributed by atoms with E-state index in [1.807, 2.05) is 0 Å². The molecule has 0 atom stereocenters. The Bertz CT molecular complexity index is 603. The molecule has 0 unspecified atom stereocenters. The van der Waals surface area contributed by atoms with Crippen LogP contribution >= 0.6 is 0 Å². The average molecular weight is 292 g/mol. The van der Waals surface area contributed by atoms with Crippen LogP contribution in [0.4, 0.5) is 5.82 Å². The molecule has 0 radical (unpaired) electrons. The molecule has 0 saturated carbocycles. The molecule has 0 bridgehead atoms. The second-order valence-corrected chi connectivity index (χ2v) is 4.23. The Hall–Kier alpha value is -2.77. The number of carbonyl (C=O) groups is 1. The topological polar surface area (TPSA) is 100 Å². The number of nitrogens with zero attached hydrogens (tertiary/aromatic N) is 4. The van der Waals surface area contributed by atoms with E-state index in [4.69, 9.17) is 4.74 Å². The molecule has 2 rings (SSSR count). The maximum absolute atomic E-state index is 10.4. The van der Waals surface area contributed by atoms with E-state index in [2.05, 4.69) is 10.1 Å². The van der Waals surface area contributed by atoms with Crippen molar-refractivity contribution in [1.82, 2.24) is 14.8 Å². The molecule has 2 heterocycles. The predicted octanol–water partition coefficient (Wildman–Crippen LogP) is 1.84. The SMILES string of the molecule is CC(C)=O.COc1ccc(Cn2ccc([N+](=O)[O-])n2)nc1. The molecule has 0 amide bonds. The van der Waals surface area contributed by atoms with Gasteiger partial charge in [0, 0.05) is 0 Å². The lowest BCUT2D eigenvalue weighted by atomic mass is 10.3. The van der Waals surface area contributed by atoms with Gasteiger partial charge in [0.05, 0.1) is 36.4 Å². The van der Waals surface area contributed by atoms with Gasteiger partial charge in [-0.2, -0.15) is 4.68 Å². The number of pyridine rings is 1. The Labute approximate surface area is 121 Å². The minimum atomic E-state index is -0.530. The number of ketones is 1. The molecule has 8 nitrogen and oxygen atoms in total. The van der Waals surface area contributed by atoms with E-state index >= 15 is 0 Å². The number of rotatable bonds is 4. The molecule has 2 aromatic heterocycles. The molecule has 21 heavy (non-hydrogen) atoms. The maximum Gasteiger partial charge on any atom is 0.389 e. The van der Waals surface area contributed by atoms with Crippen molar-refractivity contribution >= 4 is 11.6 Å². The summed E-state index contributed by atoms with van der Waals surface area (Å²) in [6.07, 6.45) is 3.14. The zero-order valence-corrected chi connectivity index (χ0v) is 12.0. The first-order chi connectivity index (χ1) is 9.92. The number of carbonyl (C=O) groups excluding carboxylic acids is 1. The van der Waals surface area contributed by atoms with Gasteiger partial charge in [-0.1, -0.05) is 0 Å². The highest BCUT2D eigenvalue weighted by Gasteiger charge is 2.11. The van der Waals surface area contributed by atoms with Crippen LogP contribution in [0, 0.1) is 10.1 Å². The third-order valence-electron chi connectivity index (χ3n) is 2.17. The molecule has 0 fully saturated rings. The smallest absolute Gasteiger partial charge is 0.389 e. The molecule has 8 heteroatoms. The fourth-order valence-corrected chi connectivity index (χ4v) is 1.33. The molecular weight excluding hydrogens is 276 g/mol. The van der Waals surface area contributed by atoms with E-state index < -0.39 is 4.92 Å². The molecule has 0 aliphatic carbocycles. The van der Waals surface area contributed by atoms with Gasteiger partial charge in [-0.05, 0) is 30.9 Å². The van der Waals surface area contributed by atoms with Gasteiger partial charge >= 0.3 is 5.82 Å². The number of nitro groups is 1. The van der Waals surface area contributed by atoms with Crippen LogP contribution in [-0.4, -0.2) is 32.6 Å². The lowest BCUT2D eigenvalue weighted by molar-refractivity contribution is -0.389. The van der Waals surface area contributed by atoms with E-state index in [0.717, 1.165) is 5.69 Å². The van der Waals surface area contributed by atoms with Crippen LogP contribution in [0.25, 0.3) is 0 Å². The highest BCUT2D eigenvalue weighted by Crippen LogP contribution is 2.10. The lowest BCUT2D eigenvalue weighted by Crippen LogP contribution is -2.03. The van der Waals surface area contributed by atoms with Crippen molar-refractivity contribution in [1.29, 1.82) is 0 Å². The first-order valence-corrected chi connectivity index (χ1v) is 6.06. The van der Waals surface area contributed by atoms with Crippen molar-refractivity contribution < 1.29 is 14.5 Å². The molecular formula is C13H16N4O4. The van der Waals surface area contributed by atoms with E-state index in [1.54, 1.807) is 31.6 Å². The largest absolute Gasteiger partial charge is 0.495 e. The first kappa shape index (κ1) is 16.3.